The number of rotatable bonds is 6. The van der Waals surface area contributed by atoms with Crippen molar-refractivity contribution in [3.05, 3.63) is 52.2 Å². The van der Waals surface area contributed by atoms with Crippen molar-refractivity contribution in [2.75, 3.05) is 11.9 Å². The van der Waals surface area contributed by atoms with E-state index < -0.39 is 5.97 Å². The molecule has 0 radical (unpaired) electrons. The van der Waals surface area contributed by atoms with Crippen LogP contribution in [0.5, 0.6) is 0 Å². The van der Waals surface area contributed by atoms with Gasteiger partial charge in [0.1, 0.15) is 4.88 Å². The van der Waals surface area contributed by atoms with Crippen molar-refractivity contribution in [1.82, 2.24) is 5.43 Å². The van der Waals surface area contributed by atoms with Crippen LogP contribution in [-0.4, -0.2) is 29.2 Å². The van der Waals surface area contributed by atoms with E-state index in [0.717, 1.165) is 17.0 Å². The maximum absolute atomic E-state index is 11.7. The number of anilines is 1. The van der Waals surface area contributed by atoms with Crippen LogP contribution in [-0.2, 0) is 4.79 Å². The lowest BCUT2D eigenvalue weighted by molar-refractivity contribution is -0.119. The van der Waals surface area contributed by atoms with Gasteiger partial charge in [-0.05, 0) is 31.2 Å². The van der Waals surface area contributed by atoms with Gasteiger partial charge in [-0.15, -0.1) is 11.3 Å². The second-order valence-electron chi connectivity index (χ2n) is 4.42. The maximum atomic E-state index is 11.7. The molecule has 0 fully saturated rings. The first kappa shape index (κ1) is 15.7. The van der Waals surface area contributed by atoms with Crippen LogP contribution in [0.25, 0.3) is 0 Å². The summed E-state index contributed by atoms with van der Waals surface area (Å²) < 4.78 is 0. The molecule has 3 N–H and O–H groups in total. The molecule has 1 heterocycles. The van der Waals surface area contributed by atoms with Crippen LogP contribution in [0.4, 0.5) is 5.69 Å². The molecule has 2 rings (SSSR count). The van der Waals surface area contributed by atoms with Gasteiger partial charge in [-0.1, -0.05) is 18.2 Å². The second kappa shape index (κ2) is 7.37. The third-order valence-corrected chi connectivity index (χ3v) is 3.93. The zero-order chi connectivity index (χ0) is 15.9. The Morgan fingerprint density at radius 2 is 1.82 bits per heavy atom. The van der Waals surface area contributed by atoms with Crippen LogP contribution < -0.4 is 10.7 Å². The molecule has 0 unspecified atom stereocenters. The zero-order valence-corrected chi connectivity index (χ0v) is 12.7. The number of hydrogen-bond donors (Lipinski definition) is 3. The van der Waals surface area contributed by atoms with Gasteiger partial charge in [-0.25, -0.2) is 10.2 Å². The average Bonchev–Trinajstić information content (AvgIpc) is 3.02. The monoisotopic (exact) mass is 317 g/mol. The third-order valence-electron chi connectivity index (χ3n) is 2.75. The highest BCUT2D eigenvalue weighted by Gasteiger charge is 2.09. The first-order valence-corrected chi connectivity index (χ1v) is 7.33. The van der Waals surface area contributed by atoms with E-state index in [1.165, 1.54) is 6.07 Å². The lowest BCUT2D eigenvalue weighted by Gasteiger charge is -2.05. The summed E-state index contributed by atoms with van der Waals surface area (Å²) in [5.74, 6) is -1.25. The number of nitrogens with one attached hydrogen (secondary N) is 2. The molecule has 0 atom stereocenters. The van der Waals surface area contributed by atoms with Crippen molar-refractivity contribution in [3.8, 4) is 0 Å². The molecule has 7 heteroatoms. The highest BCUT2D eigenvalue weighted by molar-refractivity contribution is 7.15. The molecule has 1 aromatic carbocycles. The number of amides is 1. The lowest BCUT2D eigenvalue weighted by atomic mass is 10.3. The summed E-state index contributed by atoms with van der Waals surface area (Å²) in [7, 11) is 0. The quantitative estimate of drug-likeness (QED) is 0.563. The Labute approximate surface area is 131 Å². The van der Waals surface area contributed by atoms with E-state index in [2.05, 4.69) is 15.8 Å². The summed E-state index contributed by atoms with van der Waals surface area (Å²) in [5, 5.41) is 15.8. The fourth-order valence-electron chi connectivity index (χ4n) is 1.63. The van der Waals surface area contributed by atoms with Crippen molar-refractivity contribution in [3.63, 3.8) is 0 Å². The Morgan fingerprint density at radius 3 is 2.45 bits per heavy atom. The van der Waals surface area contributed by atoms with Crippen LogP contribution in [0.2, 0.25) is 0 Å². The van der Waals surface area contributed by atoms with Gasteiger partial charge < -0.3 is 10.4 Å². The number of nitrogens with zero attached hydrogens (tertiary/aromatic N) is 1. The topological polar surface area (TPSA) is 90.8 Å². The van der Waals surface area contributed by atoms with Crippen LogP contribution in [0.1, 0.15) is 21.5 Å². The highest BCUT2D eigenvalue weighted by Crippen LogP contribution is 2.17. The standard InChI is InChI=1S/C15H15N3O3S/c1-10(12-7-8-13(22-12)15(20)21)17-18-14(19)9-16-11-5-3-2-4-6-11/h2-8,16H,9H2,1H3,(H,18,19)(H,20,21)/b17-10-. The number of carbonyl (C=O) groups is 2. The van der Waals surface area contributed by atoms with Gasteiger partial charge in [-0.2, -0.15) is 5.10 Å². The van der Waals surface area contributed by atoms with Crippen molar-refractivity contribution in [2.45, 2.75) is 6.92 Å². The van der Waals surface area contributed by atoms with Crippen LogP contribution in [0, 0.1) is 0 Å². The number of carboxylic acid groups (broad SMARTS) is 1. The van der Waals surface area contributed by atoms with Crippen LogP contribution in [0.3, 0.4) is 0 Å². The second-order valence-corrected chi connectivity index (χ2v) is 5.50. The van der Waals surface area contributed by atoms with Crippen molar-refractivity contribution >= 4 is 34.6 Å². The number of hydrogen-bond acceptors (Lipinski definition) is 5. The average molecular weight is 317 g/mol. The molecule has 6 nitrogen and oxygen atoms in total. The summed E-state index contributed by atoms with van der Waals surface area (Å²) >= 11 is 1.11. The normalized spacial score (nSPS) is 11.0. The maximum Gasteiger partial charge on any atom is 0.345 e. The van der Waals surface area contributed by atoms with E-state index in [4.69, 9.17) is 5.11 Å². The van der Waals surface area contributed by atoms with E-state index in [0.29, 0.717) is 10.6 Å². The molecule has 0 saturated carbocycles. The molecule has 0 aliphatic rings. The molecule has 22 heavy (non-hydrogen) atoms. The summed E-state index contributed by atoms with van der Waals surface area (Å²) in [6, 6.07) is 12.5. The minimum absolute atomic E-state index is 0.103. The Kier molecular flexibility index (Phi) is 5.26. The number of carboxylic acids is 1. The third kappa shape index (κ3) is 4.42. The van der Waals surface area contributed by atoms with Crippen molar-refractivity contribution in [1.29, 1.82) is 0 Å². The SMILES string of the molecule is C/C(=N/NC(=O)CNc1ccccc1)c1ccc(C(=O)O)s1. The minimum Gasteiger partial charge on any atom is -0.477 e. The Bertz CT molecular complexity index is 695. The smallest absolute Gasteiger partial charge is 0.345 e. The number of benzene rings is 1. The summed E-state index contributed by atoms with van der Waals surface area (Å²) in [6.45, 7) is 1.81. The fraction of sp³-hybridized carbons (Fsp3) is 0.133. The molecule has 2 aromatic rings. The first-order valence-electron chi connectivity index (χ1n) is 6.52. The first-order chi connectivity index (χ1) is 10.6. The summed E-state index contributed by atoms with van der Waals surface area (Å²) in [4.78, 5) is 23.4. The van der Waals surface area contributed by atoms with Crippen molar-refractivity contribution in [2.24, 2.45) is 5.10 Å². The molecule has 1 amide bonds. The van der Waals surface area contributed by atoms with Crippen LogP contribution in [0.15, 0.2) is 47.6 Å². The molecule has 0 spiro atoms. The Hall–Kier alpha value is -2.67. The zero-order valence-electron chi connectivity index (χ0n) is 11.9. The number of hydrazone groups is 1. The van der Waals surface area contributed by atoms with Gasteiger partial charge in [0.15, 0.2) is 0 Å². The minimum atomic E-state index is -0.972. The predicted molar refractivity (Wildman–Crippen MR) is 86.6 cm³/mol. The van der Waals surface area contributed by atoms with Gasteiger partial charge >= 0.3 is 5.97 Å². The lowest BCUT2D eigenvalue weighted by Crippen LogP contribution is -2.26. The van der Waals surface area contributed by atoms with Gasteiger partial charge in [0.2, 0.25) is 0 Å². The number of para-hydroxylation sites is 1. The molecule has 114 valence electrons. The number of aromatic carboxylic acids is 1. The van der Waals surface area contributed by atoms with E-state index in [9.17, 15) is 9.59 Å². The van der Waals surface area contributed by atoms with Gasteiger partial charge in [-0.3, -0.25) is 4.79 Å². The molecule has 0 bridgehead atoms. The van der Waals surface area contributed by atoms with E-state index in [1.54, 1.807) is 13.0 Å². The molecular formula is C15H15N3O3S. The fourth-order valence-corrected chi connectivity index (χ4v) is 2.42. The summed E-state index contributed by atoms with van der Waals surface area (Å²) in [6.07, 6.45) is 0. The van der Waals surface area contributed by atoms with E-state index in [-0.39, 0.29) is 17.3 Å². The molecule has 1 aromatic heterocycles. The van der Waals surface area contributed by atoms with Gasteiger partial charge in [0.05, 0.1) is 17.1 Å². The summed E-state index contributed by atoms with van der Waals surface area (Å²) in [5.41, 5.74) is 3.85. The predicted octanol–water partition coefficient (Wildman–Crippen LogP) is 2.40. The number of carbonyl (C=O) groups excluding carboxylic acids is 1. The Morgan fingerprint density at radius 1 is 1.14 bits per heavy atom. The van der Waals surface area contributed by atoms with E-state index >= 15 is 0 Å². The molecule has 0 saturated heterocycles. The molecule has 0 aliphatic heterocycles. The van der Waals surface area contributed by atoms with Gasteiger partial charge in [0, 0.05) is 5.69 Å². The van der Waals surface area contributed by atoms with E-state index in [1.807, 2.05) is 30.3 Å². The van der Waals surface area contributed by atoms with Crippen molar-refractivity contribution < 1.29 is 14.7 Å². The number of thiophene rings is 1. The Balaban J connectivity index is 1.87. The molecular weight excluding hydrogens is 302 g/mol. The highest BCUT2D eigenvalue weighted by atomic mass is 32.1. The van der Waals surface area contributed by atoms with Gasteiger partial charge in [0.25, 0.3) is 5.91 Å². The molecule has 0 aliphatic carbocycles. The van der Waals surface area contributed by atoms with Crippen LogP contribution >= 0.6 is 11.3 Å². The largest absolute Gasteiger partial charge is 0.477 e.